The van der Waals surface area contributed by atoms with E-state index in [0.717, 1.165) is 15.7 Å². The highest BCUT2D eigenvalue weighted by atomic mass is 79.9. The van der Waals surface area contributed by atoms with Crippen LogP contribution in [0.4, 0.5) is 10.5 Å². The van der Waals surface area contributed by atoms with Gasteiger partial charge in [-0.1, -0.05) is 22.0 Å². The molecule has 0 aromatic heterocycles. The molecule has 0 atom stereocenters. The van der Waals surface area contributed by atoms with Crippen molar-refractivity contribution in [1.82, 2.24) is 10.6 Å². The Hall–Kier alpha value is -1.56. The zero-order chi connectivity index (χ0) is 16.0. The number of hydrogen-bond donors (Lipinski definition) is 2. The maximum Gasteiger partial charge on any atom is 0.315 e. The quantitative estimate of drug-likeness (QED) is 0.852. The highest BCUT2D eigenvalue weighted by Gasteiger charge is 2.12. The Labute approximate surface area is 134 Å². The molecule has 1 rings (SSSR count). The fourth-order valence-electron chi connectivity index (χ4n) is 1.81. The summed E-state index contributed by atoms with van der Waals surface area (Å²) in [5, 5.41) is 5.48. The van der Waals surface area contributed by atoms with Gasteiger partial charge in [0.05, 0.1) is 0 Å². The number of benzene rings is 1. The molecule has 6 heteroatoms. The molecule has 0 aliphatic carbocycles. The fraction of sp³-hybridized carbons (Fsp3) is 0.467. The first kappa shape index (κ1) is 17.5. The van der Waals surface area contributed by atoms with Crippen LogP contribution in [0.15, 0.2) is 22.7 Å². The predicted molar refractivity (Wildman–Crippen MR) is 88.6 cm³/mol. The normalized spacial score (nSPS) is 10.4. The van der Waals surface area contributed by atoms with E-state index in [1.54, 1.807) is 4.90 Å². The van der Waals surface area contributed by atoms with Gasteiger partial charge in [0.2, 0.25) is 5.91 Å². The van der Waals surface area contributed by atoms with Crippen LogP contribution in [0, 0.1) is 6.92 Å². The van der Waals surface area contributed by atoms with Crippen LogP contribution in [0.3, 0.4) is 0 Å². The van der Waals surface area contributed by atoms with Crippen molar-refractivity contribution < 1.29 is 9.59 Å². The average molecular weight is 356 g/mol. The number of hydrogen-bond acceptors (Lipinski definition) is 2. The molecular weight excluding hydrogens is 334 g/mol. The number of carbonyl (C=O) groups excluding carboxylic acids is 2. The second-order valence-electron chi connectivity index (χ2n) is 5.16. The molecule has 0 spiro atoms. The van der Waals surface area contributed by atoms with Crippen LogP contribution in [0.1, 0.15) is 26.3 Å². The van der Waals surface area contributed by atoms with Crippen LogP contribution in [0.25, 0.3) is 0 Å². The Balaban J connectivity index is 2.64. The summed E-state index contributed by atoms with van der Waals surface area (Å²) >= 11 is 3.46. The van der Waals surface area contributed by atoms with Crippen molar-refractivity contribution in [1.29, 1.82) is 0 Å². The molecule has 0 saturated carbocycles. The molecule has 1 aromatic carbocycles. The van der Waals surface area contributed by atoms with Crippen LogP contribution < -0.4 is 15.5 Å². The highest BCUT2D eigenvalue weighted by Crippen LogP contribution is 2.23. The van der Waals surface area contributed by atoms with E-state index in [0.29, 0.717) is 13.1 Å². The molecule has 5 nitrogen and oxygen atoms in total. The summed E-state index contributed by atoms with van der Waals surface area (Å²) in [6.07, 6.45) is 0. The third kappa shape index (κ3) is 5.75. The minimum atomic E-state index is -0.224. The number of halogens is 1. The molecule has 3 amide bonds. The fourth-order valence-corrected chi connectivity index (χ4v) is 2.18. The predicted octanol–water partition coefficient (Wildman–Crippen LogP) is 2.82. The molecule has 21 heavy (non-hydrogen) atoms. The lowest BCUT2D eigenvalue weighted by Crippen LogP contribution is -2.43. The number of nitrogens with zero attached hydrogens (tertiary/aromatic N) is 1. The number of anilines is 1. The Morgan fingerprint density at radius 3 is 2.52 bits per heavy atom. The maximum atomic E-state index is 11.8. The summed E-state index contributed by atoms with van der Waals surface area (Å²) in [5.74, 6) is -0.0585. The van der Waals surface area contributed by atoms with E-state index in [2.05, 4.69) is 26.6 Å². The minimum Gasteiger partial charge on any atom is -0.336 e. The van der Waals surface area contributed by atoms with E-state index in [9.17, 15) is 9.59 Å². The van der Waals surface area contributed by atoms with Crippen LogP contribution in [-0.2, 0) is 4.79 Å². The molecule has 0 aliphatic heterocycles. The lowest BCUT2D eigenvalue weighted by Gasteiger charge is -2.22. The first-order valence-corrected chi connectivity index (χ1v) is 7.69. The van der Waals surface area contributed by atoms with Crippen molar-refractivity contribution >= 4 is 33.6 Å². The topological polar surface area (TPSA) is 61.4 Å². The van der Waals surface area contributed by atoms with Crippen molar-refractivity contribution in [2.45, 2.75) is 33.7 Å². The molecule has 0 heterocycles. The smallest absolute Gasteiger partial charge is 0.315 e. The molecule has 0 radical (unpaired) electrons. The number of carbonyl (C=O) groups is 2. The molecule has 1 aromatic rings. The van der Waals surface area contributed by atoms with Crippen LogP contribution in [0.2, 0.25) is 0 Å². The van der Waals surface area contributed by atoms with Gasteiger partial charge in [0, 0.05) is 36.2 Å². The van der Waals surface area contributed by atoms with E-state index in [-0.39, 0.29) is 18.0 Å². The van der Waals surface area contributed by atoms with Crippen LogP contribution in [-0.4, -0.2) is 31.1 Å². The number of urea groups is 1. The highest BCUT2D eigenvalue weighted by molar-refractivity contribution is 9.10. The molecule has 0 unspecified atom stereocenters. The van der Waals surface area contributed by atoms with Gasteiger partial charge in [-0.25, -0.2) is 4.79 Å². The third-order valence-electron chi connectivity index (χ3n) is 2.89. The summed E-state index contributed by atoms with van der Waals surface area (Å²) in [6, 6.07) is 5.62. The SMILES string of the molecule is CC(=O)N(CCNC(=O)NC(C)C)c1ccc(C)c(Br)c1. The van der Waals surface area contributed by atoms with Gasteiger partial charge in [0.25, 0.3) is 0 Å². The van der Waals surface area contributed by atoms with E-state index >= 15 is 0 Å². The van der Waals surface area contributed by atoms with E-state index in [4.69, 9.17) is 0 Å². The van der Waals surface area contributed by atoms with Gasteiger partial charge in [-0.05, 0) is 38.5 Å². The number of nitrogens with one attached hydrogen (secondary N) is 2. The van der Waals surface area contributed by atoms with Gasteiger partial charge in [-0.3, -0.25) is 4.79 Å². The second-order valence-corrected chi connectivity index (χ2v) is 6.01. The Morgan fingerprint density at radius 1 is 1.33 bits per heavy atom. The van der Waals surface area contributed by atoms with E-state index < -0.39 is 0 Å². The molecule has 0 fully saturated rings. The zero-order valence-electron chi connectivity index (χ0n) is 12.9. The van der Waals surface area contributed by atoms with Crippen LogP contribution >= 0.6 is 15.9 Å². The largest absolute Gasteiger partial charge is 0.336 e. The van der Waals surface area contributed by atoms with Gasteiger partial charge >= 0.3 is 6.03 Å². The Kier molecular flexibility index (Phi) is 6.68. The van der Waals surface area contributed by atoms with Gasteiger partial charge in [0.15, 0.2) is 0 Å². The van der Waals surface area contributed by atoms with E-state index in [1.807, 2.05) is 39.0 Å². The van der Waals surface area contributed by atoms with Gasteiger partial charge in [-0.15, -0.1) is 0 Å². The minimum absolute atomic E-state index is 0.0585. The number of rotatable bonds is 5. The van der Waals surface area contributed by atoms with Crippen molar-refractivity contribution in [3.8, 4) is 0 Å². The molecule has 2 N–H and O–H groups in total. The summed E-state index contributed by atoms with van der Waals surface area (Å²) in [4.78, 5) is 24.9. The standard InChI is InChI=1S/C15H22BrN3O2/c1-10(2)18-15(21)17-7-8-19(12(4)20)13-6-5-11(3)14(16)9-13/h5-6,9-10H,7-8H2,1-4H3,(H2,17,18,21). The van der Waals surface area contributed by atoms with Crippen molar-refractivity contribution in [3.05, 3.63) is 28.2 Å². The summed E-state index contributed by atoms with van der Waals surface area (Å²) in [5.41, 5.74) is 1.92. The van der Waals surface area contributed by atoms with Crippen molar-refractivity contribution in [3.63, 3.8) is 0 Å². The van der Waals surface area contributed by atoms with Gasteiger partial charge in [0.1, 0.15) is 0 Å². The summed E-state index contributed by atoms with van der Waals surface area (Å²) in [6.45, 7) is 8.11. The monoisotopic (exact) mass is 355 g/mol. The van der Waals surface area contributed by atoms with Crippen molar-refractivity contribution in [2.24, 2.45) is 0 Å². The molecular formula is C15H22BrN3O2. The van der Waals surface area contributed by atoms with Crippen molar-refractivity contribution in [2.75, 3.05) is 18.0 Å². The molecule has 0 saturated heterocycles. The van der Waals surface area contributed by atoms with Gasteiger partial charge < -0.3 is 15.5 Å². The summed E-state index contributed by atoms with van der Waals surface area (Å²) in [7, 11) is 0. The zero-order valence-corrected chi connectivity index (χ0v) is 14.5. The summed E-state index contributed by atoms with van der Waals surface area (Å²) < 4.78 is 0.955. The lowest BCUT2D eigenvalue weighted by molar-refractivity contribution is -0.116. The molecule has 116 valence electrons. The van der Waals surface area contributed by atoms with Crippen LogP contribution in [0.5, 0.6) is 0 Å². The maximum absolute atomic E-state index is 11.8. The average Bonchev–Trinajstić information content (AvgIpc) is 2.37. The third-order valence-corrected chi connectivity index (χ3v) is 3.74. The van der Waals surface area contributed by atoms with E-state index in [1.165, 1.54) is 6.92 Å². The number of amides is 3. The Morgan fingerprint density at radius 2 is 2.00 bits per heavy atom. The second kappa shape index (κ2) is 8.02. The van der Waals surface area contributed by atoms with Gasteiger partial charge in [-0.2, -0.15) is 0 Å². The first-order valence-electron chi connectivity index (χ1n) is 6.90. The molecule has 0 bridgehead atoms. The lowest BCUT2D eigenvalue weighted by atomic mass is 10.2. The Bertz CT molecular complexity index is 518. The molecule has 0 aliphatic rings. The first-order chi connectivity index (χ1) is 9.81. The number of aryl methyl sites for hydroxylation is 1.